The molecule has 0 atom stereocenters. The average molecular weight is 222 g/mol. The van der Waals surface area contributed by atoms with Gasteiger partial charge in [-0.05, 0) is 6.07 Å². The van der Waals surface area contributed by atoms with Crippen LogP contribution < -0.4 is 0 Å². The van der Waals surface area contributed by atoms with E-state index < -0.39 is 6.09 Å². The Hall–Kier alpha value is -2.06. The van der Waals surface area contributed by atoms with Gasteiger partial charge in [0, 0.05) is 17.8 Å². The summed E-state index contributed by atoms with van der Waals surface area (Å²) in [4.78, 5) is 14.7. The molecule has 0 aromatic carbocycles. The second-order valence-electron chi connectivity index (χ2n) is 2.83. The number of halogens is 1. The van der Waals surface area contributed by atoms with Gasteiger partial charge in [0.05, 0.1) is 10.6 Å². The zero-order valence-electron chi connectivity index (χ0n) is 7.31. The molecule has 2 aromatic heterocycles. The van der Waals surface area contributed by atoms with E-state index in [9.17, 15) is 4.79 Å². The molecule has 2 heterocycles. The lowest BCUT2D eigenvalue weighted by Crippen LogP contribution is -2.06. The number of carboxylic acid groups (broad SMARTS) is 1. The highest BCUT2D eigenvalue weighted by atomic mass is 35.5. The van der Waals surface area contributed by atoms with Crippen LogP contribution in [0.15, 0.2) is 18.5 Å². The maximum absolute atomic E-state index is 10.8. The summed E-state index contributed by atoms with van der Waals surface area (Å²) in [7, 11) is 0. The van der Waals surface area contributed by atoms with E-state index in [1.807, 2.05) is 6.07 Å². The first-order chi connectivity index (χ1) is 7.13. The predicted octanol–water partition coefficient (Wildman–Crippen LogP) is 2.09. The van der Waals surface area contributed by atoms with Gasteiger partial charge in [-0.3, -0.25) is 0 Å². The van der Waals surface area contributed by atoms with E-state index in [0.29, 0.717) is 10.4 Å². The maximum Gasteiger partial charge on any atom is 0.417 e. The molecule has 0 aliphatic heterocycles. The maximum atomic E-state index is 10.8. The second-order valence-corrected chi connectivity index (χ2v) is 3.27. The molecule has 0 saturated carbocycles. The van der Waals surface area contributed by atoms with Gasteiger partial charge >= 0.3 is 6.09 Å². The summed E-state index contributed by atoms with van der Waals surface area (Å²) in [5, 5.41) is 18.4. The first-order valence-electron chi connectivity index (χ1n) is 3.93. The molecule has 2 rings (SSSR count). The number of nitrogens with zero attached hydrogens (tertiary/aromatic N) is 3. The van der Waals surface area contributed by atoms with Gasteiger partial charge in [0.15, 0.2) is 5.65 Å². The average Bonchev–Trinajstić information content (AvgIpc) is 2.55. The molecule has 6 heteroatoms. The number of nitriles is 1. The van der Waals surface area contributed by atoms with Crippen molar-refractivity contribution in [1.29, 1.82) is 5.26 Å². The molecule has 0 aliphatic carbocycles. The summed E-state index contributed by atoms with van der Waals surface area (Å²) < 4.78 is 0.893. The van der Waals surface area contributed by atoms with Gasteiger partial charge in [-0.2, -0.15) is 5.26 Å². The van der Waals surface area contributed by atoms with Gasteiger partial charge in [-0.25, -0.2) is 14.3 Å². The van der Waals surface area contributed by atoms with Crippen LogP contribution in [0.2, 0.25) is 5.02 Å². The van der Waals surface area contributed by atoms with Crippen molar-refractivity contribution in [3.8, 4) is 6.07 Å². The molecule has 0 aliphatic rings. The van der Waals surface area contributed by atoms with Crippen molar-refractivity contribution in [2.24, 2.45) is 0 Å². The Balaban J connectivity index is 2.88. The molecule has 0 amide bonds. The fourth-order valence-corrected chi connectivity index (χ4v) is 1.47. The number of hydrogen-bond acceptors (Lipinski definition) is 3. The number of pyridine rings is 1. The zero-order valence-corrected chi connectivity index (χ0v) is 8.06. The van der Waals surface area contributed by atoms with Crippen LogP contribution in [0.4, 0.5) is 4.79 Å². The highest BCUT2D eigenvalue weighted by molar-refractivity contribution is 6.31. The van der Waals surface area contributed by atoms with E-state index >= 15 is 0 Å². The third-order valence-electron chi connectivity index (χ3n) is 1.94. The minimum absolute atomic E-state index is 0.212. The zero-order chi connectivity index (χ0) is 11.0. The van der Waals surface area contributed by atoms with Gasteiger partial charge in [0.1, 0.15) is 6.07 Å². The topological polar surface area (TPSA) is 78.9 Å². The predicted molar refractivity (Wildman–Crippen MR) is 52.9 cm³/mol. The quantitative estimate of drug-likeness (QED) is 0.739. The second kappa shape index (κ2) is 3.26. The third kappa shape index (κ3) is 1.41. The number of hydrogen-bond donors (Lipinski definition) is 1. The third-order valence-corrected chi connectivity index (χ3v) is 2.14. The molecule has 15 heavy (non-hydrogen) atoms. The molecule has 0 radical (unpaired) electrons. The van der Waals surface area contributed by atoms with Crippen molar-refractivity contribution < 1.29 is 9.90 Å². The van der Waals surface area contributed by atoms with Crippen LogP contribution in [-0.2, 0) is 0 Å². The number of rotatable bonds is 0. The van der Waals surface area contributed by atoms with E-state index in [0.717, 1.165) is 4.57 Å². The number of carbonyl (C=O) groups is 1. The van der Waals surface area contributed by atoms with Crippen LogP contribution in [0.1, 0.15) is 5.56 Å². The Kier molecular flexibility index (Phi) is 2.06. The minimum atomic E-state index is -1.18. The Morgan fingerprint density at radius 3 is 3.00 bits per heavy atom. The smallest absolute Gasteiger partial charge is 0.417 e. The highest BCUT2D eigenvalue weighted by Crippen LogP contribution is 2.21. The fraction of sp³-hybridized carbons (Fsp3) is 0. The van der Waals surface area contributed by atoms with Gasteiger partial charge in [0.25, 0.3) is 0 Å². The Bertz CT molecular complexity index is 597. The molecule has 1 N–H and O–H groups in total. The first kappa shape index (κ1) is 9.49. The Morgan fingerprint density at radius 2 is 2.40 bits per heavy atom. The summed E-state index contributed by atoms with van der Waals surface area (Å²) in [6.45, 7) is 0. The summed E-state index contributed by atoms with van der Waals surface area (Å²) >= 11 is 5.71. The molecule has 2 aromatic rings. The van der Waals surface area contributed by atoms with Crippen LogP contribution in [0.5, 0.6) is 0 Å². The normalized spacial score (nSPS) is 10.1. The van der Waals surface area contributed by atoms with E-state index in [4.69, 9.17) is 22.0 Å². The molecular formula is C9H4ClN3O2. The molecule has 0 unspecified atom stereocenters. The summed E-state index contributed by atoms with van der Waals surface area (Å²) in [5.74, 6) is 0. The van der Waals surface area contributed by atoms with Crippen molar-refractivity contribution in [3.05, 3.63) is 29.0 Å². The molecular weight excluding hydrogens is 218 g/mol. The summed E-state index contributed by atoms with van der Waals surface area (Å²) in [6, 6.07) is 3.41. The lowest BCUT2D eigenvalue weighted by molar-refractivity contribution is 0.197. The van der Waals surface area contributed by atoms with Gasteiger partial charge in [-0.15, -0.1) is 0 Å². The van der Waals surface area contributed by atoms with Gasteiger partial charge in [-0.1, -0.05) is 11.6 Å². The van der Waals surface area contributed by atoms with Crippen LogP contribution >= 0.6 is 11.6 Å². The van der Waals surface area contributed by atoms with Crippen LogP contribution in [0.25, 0.3) is 11.0 Å². The number of fused-ring (bicyclic) bond motifs is 1. The lowest BCUT2D eigenvalue weighted by Gasteiger charge is -1.95. The molecule has 5 nitrogen and oxygen atoms in total. The number of aromatic nitrogens is 2. The van der Waals surface area contributed by atoms with Gasteiger partial charge in [0.2, 0.25) is 0 Å². The van der Waals surface area contributed by atoms with Crippen LogP contribution in [0, 0.1) is 11.3 Å². The van der Waals surface area contributed by atoms with Crippen molar-refractivity contribution in [2.45, 2.75) is 0 Å². The Labute approximate surface area is 89.1 Å². The monoisotopic (exact) mass is 221 g/mol. The van der Waals surface area contributed by atoms with Crippen molar-refractivity contribution in [3.63, 3.8) is 0 Å². The van der Waals surface area contributed by atoms with Crippen molar-refractivity contribution in [2.75, 3.05) is 0 Å². The summed E-state index contributed by atoms with van der Waals surface area (Å²) in [5.41, 5.74) is 0.450. The van der Waals surface area contributed by atoms with Crippen LogP contribution in [-0.4, -0.2) is 20.8 Å². The van der Waals surface area contributed by atoms with Crippen molar-refractivity contribution in [1.82, 2.24) is 9.55 Å². The van der Waals surface area contributed by atoms with E-state index in [1.165, 1.54) is 18.5 Å². The van der Waals surface area contributed by atoms with Gasteiger partial charge < -0.3 is 5.11 Å². The largest absolute Gasteiger partial charge is 0.464 e. The molecule has 0 saturated heterocycles. The highest BCUT2D eigenvalue weighted by Gasteiger charge is 2.13. The van der Waals surface area contributed by atoms with E-state index in [1.54, 1.807) is 0 Å². The molecule has 0 spiro atoms. The molecule has 0 bridgehead atoms. The standard InChI is InChI=1S/C9H4ClN3O2/c10-6-1-7-5(2-11)4-13(9(14)15)8(7)12-3-6/h1,3-4H,(H,14,15). The minimum Gasteiger partial charge on any atom is -0.464 e. The summed E-state index contributed by atoms with van der Waals surface area (Å²) in [6.07, 6.45) is 1.37. The lowest BCUT2D eigenvalue weighted by atomic mass is 10.2. The molecule has 74 valence electrons. The fourth-order valence-electron chi connectivity index (χ4n) is 1.32. The SMILES string of the molecule is N#Cc1cn(C(=O)O)c2ncc(Cl)cc12. The van der Waals surface area contributed by atoms with E-state index in [-0.39, 0.29) is 11.2 Å². The van der Waals surface area contributed by atoms with Crippen LogP contribution in [0.3, 0.4) is 0 Å². The molecule has 0 fully saturated rings. The Morgan fingerprint density at radius 1 is 1.67 bits per heavy atom. The van der Waals surface area contributed by atoms with E-state index in [2.05, 4.69) is 4.98 Å². The first-order valence-corrected chi connectivity index (χ1v) is 4.31. The van der Waals surface area contributed by atoms with Crippen molar-refractivity contribution >= 4 is 28.7 Å².